The minimum atomic E-state index is 0.531. The summed E-state index contributed by atoms with van der Waals surface area (Å²) in [4.78, 5) is 4.25. The van der Waals surface area contributed by atoms with Crippen molar-refractivity contribution in [2.24, 2.45) is 0 Å². The summed E-state index contributed by atoms with van der Waals surface area (Å²) in [5, 5.41) is 11.6. The van der Waals surface area contributed by atoms with E-state index < -0.39 is 0 Å². The molecule has 0 N–H and O–H groups in total. The molecule has 0 spiro atoms. The zero-order chi connectivity index (χ0) is 10.7. The van der Waals surface area contributed by atoms with Gasteiger partial charge in [0.1, 0.15) is 16.8 Å². The van der Waals surface area contributed by atoms with Crippen LogP contribution in [0.25, 0.3) is 11.6 Å². The van der Waals surface area contributed by atoms with Crippen LogP contribution in [-0.4, -0.2) is 4.98 Å². The smallest absolute Gasteiger partial charge is 0.134 e. The summed E-state index contributed by atoms with van der Waals surface area (Å²) in [5.41, 5.74) is 1.46. The molecular formula is C11H8N2OS. The zero-order valence-electron chi connectivity index (χ0n) is 8.10. The zero-order valence-corrected chi connectivity index (χ0v) is 8.91. The summed E-state index contributed by atoms with van der Waals surface area (Å²) in [7, 11) is 0. The second kappa shape index (κ2) is 4.11. The van der Waals surface area contributed by atoms with E-state index >= 15 is 0 Å². The van der Waals surface area contributed by atoms with Gasteiger partial charge in [-0.25, -0.2) is 4.98 Å². The van der Waals surface area contributed by atoms with Crippen molar-refractivity contribution >= 4 is 23.0 Å². The Morgan fingerprint density at radius 3 is 3.07 bits per heavy atom. The standard InChI is InChI=1S/C11H8N2OS/c1-8-7-15-11(13-8)9(6-12)5-10-3-2-4-14-10/h2-5,7H,1H3/b9-5+. The van der Waals surface area contributed by atoms with Crippen LogP contribution >= 0.6 is 11.3 Å². The molecule has 0 aliphatic rings. The van der Waals surface area contributed by atoms with Crippen molar-refractivity contribution in [3.05, 3.63) is 40.2 Å². The molecule has 0 unspecified atom stereocenters. The van der Waals surface area contributed by atoms with E-state index in [2.05, 4.69) is 11.1 Å². The fraction of sp³-hybridized carbons (Fsp3) is 0.0909. The van der Waals surface area contributed by atoms with Crippen molar-refractivity contribution < 1.29 is 4.42 Å². The van der Waals surface area contributed by atoms with Crippen molar-refractivity contribution in [3.63, 3.8) is 0 Å². The second-order valence-corrected chi connectivity index (χ2v) is 3.84. The summed E-state index contributed by atoms with van der Waals surface area (Å²) >= 11 is 1.46. The number of aromatic nitrogens is 1. The van der Waals surface area contributed by atoms with E-state index in [1.165, 1.54) is 11.3 Å². The Balaban J connectivity index is 2.37. The third kappa shape index (κ3) is 2.14. The van der Waals surface area contributed by atoms with Crippen molar-refractivity contribution in [2.45, 2.75) is 6.92 Å². The van der Waals surface area contributed by atoms with Crippen LogP contribution in [0.5, 0.6) is 0 Å². The second-order valence-electron chi connectivity index (χ2n) is 2.98. The molecule has 0 radical (unpaired) electrons. The average molecular weight is 216 g/mol. The number of furan rings is 1. The number of hydrogen-bond acceptors (Lipinski definition) is 4. The van der Waals surface area contributed by atoms with Gasteiger partial charge in [0.2, 0.25) is 0 Å². The lowest BCUT2D eigenvalue weighted by atomic mass is 10.2. The molecule has 0 bridgehead atoms. The highest BCUT2D eigenvalue weighted by atomic mass is 32.1. The van der Waals surface area contributed by atoms with Gasteiger partial charge in [0.25, 0.3) is 0 Å². The molecule has 0 amide bonds. The van der Waals surface area contributed by atoms with Crippen LogP contribution in [0.3, 0.4) is 0 Å². The van der Waals surface area contributed by atoms with Crippen LogP contribution in [0.15, 0.2) is 28.2 Å². The van der Waals surface area contributed by atoms with E-state index in [1.807, 2.05) is 12.3 Å². The third-order valence-electron chi connectivity index (χ3n) is 1.80. The topological polar surface area (TPSA) is 49.8 Å². The maximum Gasteiger partial charge on any atom is 0.134 e. The molecule has 0 saturated carbocycles. The lowest BCUT2D eigenvalue weighted by Crippen LogP contribution is -1.80. The van der Waals surface area contributed by atoms with Gasteiger partial charge in [-0.1, -0.05) is 0 Å². The molecule has 0 aromatic carbocycles. The minimum Gasteiger partial charge on any atom is -0.465 e. The summed E-state index contributed by atoms with van der Waals surface area (Å²) in [6, 6.07) is 5.71. The molecule has 4 heteroatoms. The quantitative estimate of drug-likeness (QED) is 0.725. The summed E-state index contributed by atoms with van der Waals surface area (Å²) < 4.78 is 5.14. The number of nitriles is 1. The summed E-state index contributed by atoms with van der Waals surface area (Å²) in [6.07, 6.45) is 3.27. The maximum absolute atomic E-state index is 8.99. The number of aryl methyl sites for hydroxylation is 1. The molecule has 2 aromatic heterocycles. The normalized spacial score (nSPS) is 11.3. The van der Waals surface area contributed by atoms with E-state index in [1.54, 1.807) is 24.5 Å². The molecule has 2 aromatic rings. The monoisotopic (exact) mass is 216 g/mol. The molecule has 0 aliphatic carbocycles. The first-order valence-electron chi connectivity index (χ1n) is 4.37. The van der Waals surface area contributed by atoms with Crippen molar-refractivity contribution in [1.29, 1.82) is 5.26 Å². The van der Waals surface area contributed by atoms with Gasteiger partial charge in [0.15, 0.2) is 0 Å². The van der Waals surface area contributed by atoms with E-state index in [0.717, 1.165) is 10.7 Å². The molecule has 2 heterocycles. The number of hydrogen-bond donors (Lipinski definition) is 0. The molecule has 2 rings (SSSR count). The highest BCUT2D eigenvalue weighted by Gasteiger charge is 2.06. The van der Waals surface area contributed by atoms with Gasteiger partial charge in [0, 0.05) is 17.2 Å². The van der Waals surface area contributed by atoms with Crippen molar-refractivity contribution in [3.8, 4) is 6.07 Å². The van der Waals surface area contributed by atoms with Crippen LogP contribution in [0.4, 0.5) is 0 Å². The number of nitrogens with zero attached hydrogens (tertiary/aromatic N) is 2. The lowest BCUT2D eigenvalue weighted by molar-refractivity contribution is 0.557. The maximum atomic E-state index is 8.99. The predicted octanol–water partition coefficient (Wildman–Crippen LogP) is 3.11. The molecule has 0 saturated heterocycles. The minimum absolute atomic E-state index is 0.531. The van der Waals surface area contributed by atoms with E-state index in [-0.39, 0.29) is 0 Å². The largest absolute Gasteiger partial charge is 0.465 e. The van der Waals surface area contributed by atoms with Crippen molar-refractivity contribution in [1.82, 2.24) is 4.98 Å². The fourth-order valence-corrected chi connectivity index (χ4v) is 1.90. The van der Waals surface area contributed by atoms with Crippen LogP contribution < -0.4 is 0 Å². The summed E-state index contributed by atoms with van der Waals surface area (Å²) in [5.74, 6) is 0.666. The number of rotatable bonds is 2. The van der Waals surface area contributed by atoms with Crippen LogP contribution in [0, 0.1) is 18.3 Å². The first kappa shape index (κ1) is 9.69. The average Bonchev–Trinajstić information content (AvgIpc) is 2.85. The molecule has 0 fully saturated rings. The van der Waals surface area contributed by atoms with Gasteiger partial charge in [-0.05, 0) is 19.1 Å². The molecule has 15 heavy (non-hydrogen) atoms. The Morgan fingerprint density at radius 1 is 1.67 bits per heavy atom. The van der Waals surface area contributed by atoms with Gasteiger partial charge < -0.3 is 4.42 Å². The Labute approximate surface area is 91.3 Å². The van der Waals surface area contributed by atoms with Gasteiger partial charge in [0.05, 0.1) is 11.8 Å². The molecule has 3 nitrogen and oxygen atoms in total. The molecule has 74 valence electrons. The SMILES string of the molecule is Cc1csc(/C(C#N)=C/c2ccco2)n1. The highest BCUT2D eigenvalue weighted by molar-refractivity contribution is 7.11. The Kier molecular flexibility index (Phi) is 2.66. The van der Waals surface area contributed by atoms with Crippen LogP contribution in [-0.2, 0) is 0 Å². The third-order valence-corrected chi connectivity index (χ3v) is 2.79. The predicted molar refractivity (Wildman–Crippen MR) is 59.0 cm³/mol. The Morgan fingerprint density at radius 2 is 2.53 bits per heavy atom. The Hall–Kier alpha value is -1.86. The van der Waals surface area contributed by atoms with Gasteiger partial charge in [-0.15, -0.1) is 11.3 Å². The molecule has 0 aliphatic heterocycles. The number of thiazole rings is 1. The molecular weight excluding hydrogens is 208 g/mol. The lowest BCUT2D eigenvalue weighted by Gasteiger charge is -1.90. The van der Waals surface area contributed by atoms with Gasteiger partial charge in [-0.3, -0.25) is 0 Å². The van der Waals surface area contributed by atoms with Crippen LogP contribution in [0.2, 0.25) is 0 Å². The van der Waals surface area contributed by atoms with E-state index in [4.69, 9.17) is 9.68 Å². The number of allylic oxidation sites excluding steroid dienone is 1. The first-order valence-corrected chi connectivity index (χ1v) is 5.25. The first-order chi connectivity index (χ1) is 7.29. The van der Waals surface area contributed by atoms with Crippen LogP contribution in [0.1, 0.15) is 16.5 Å². The van der Waals surface area contributed by atoms with Gasteiger partial charge >= 0.3 is 0 Å². The van der Waals surface area contributed by atoms with Crippen molar-refractivity contribution in [2.75, 3.05) is 0 Å². The fourth-order valence-electron chi connectivity index (χ4n) is 1.14. The van der Waals surface area contributed by atoms with Gasteiger partial charge in [-0.2, -0.15) is 5.26 Å². The summed E-state index contributed by atoms with van der Waals surface area (Å²) in [6.45, 7) is 1.90. The Bertz CT molecular complexity index is 517. The highest BCUT2D eigenvalue weighted by Crippen LogP contribution is 2.21. The van der Waals surface area contributed by atoms with E-state index in [9.17, 15) is 0 Å². The van der Waals surface area contributed by atoms with E-state index in [0.29, 0.717) is 11.3 Å². The molecule has 0 atom stereocenters.